The minimum Gasteiger partial charge on any atom is -0.357 e. The predicted molar refractivity (Wildman–Crippen MR) is 83.3 cm³/mol. The maximum atomic E-state index is 6.06. The third-order valence-corrected chi connectivity index (χ3v) is 5.34. The molecule has 1 aromatic heterocycles. The minimum absolute atomic E-state index is 0.441. The topological polar surface area (TPSA) is 16.1 Å². The van der Waals surface area contributed by atoms with Gasteiger partial charge in [0, 0.05) is 25.2 Å². The molecule has 19 heavy (non-hydrogen) atoms. The number of nitrogens with zero attached hydrogens (tertiary/aromatic N) is 2. The molecule has 4 heteroatoms. The average molecular weight is 301 g/mol. The number of anilines is 1. The molecule has 0 spiro atoms. The van der Waals surface area contributed by atoms with Crippen LogP contribution in [0.25, 0.3) is 0 Å². The lowest BCUT2D eigenvalue weighted by Crippen LogP contribution is -2.40. The SMILES string of the molecule is CCC1(CC)CCN(c2cc(CCl)c(Cl)cn2)CC1. The summed E-state index contributed by atoms with van der Waals surface area (Å²) in [5, 5.41) is 0.659. The van der Waals surface area contributed by atoms with Crippen LogP contribution in [0.2, 0.25) is 5.02 Å². The molecule has 1 aliphatic heterocycles. The molecule has 0 aromatic carbocycles. The Morgan fingerprint density at radius 1 is 1.26 bits per heavy atom. The number of halogens is 2. The quantitative estimate of drug-likeness (QED) is 0.737. The molecule has 1 aromatic rings. The summed E-state index contributed by atoms with van der Waals surface area (Å²) in [5.74, 6) is 1.46. The number of alkyl halides is 1. The first-order valence-electron chi connectivity index (χ1n) is 7.09. The van der Waals surface area contributed by atoms with Crippen molar-refractivity contribution < 1.29 is 0 Å². The molecule has 106 valence electrons. The fourth-order valence-corrected chi connectivity index (χ4v) is 3.37. The van der Waals surface area contributed by atoms with Crippen LogP contribution in [-0.4, -0.2) is 18.1 Å². The molecule has 0 amide bonds. The van der Waals surface area contributed by atoms with Gasteiger partial charge in [-0.1, -0.05) is 38.3 Å². The van der Waals surface area contributed by atoms with Gasteiger partial charge in [0.25, 0.3) is 0 Å². The van der Waals surface area contributed by atoms with Crippen molar-refractivity contribution in [1.82, 2.24) is 4.98 Å². The van der Waals surface area contributed by atoms with E-state index in [9.17, 15) is 0 Å². The van der Waals surface area contributed by atoms with Crippen LogP contribution in [0.5, 0.6) is 0 Å². The lowest BCUT2D eigenvalue weighted by molar-refractivity contribution is 0.199. The Labute approximate surface area is 126 Å². The van der Waals surface area contributed by atoms with Gasteiger partial charge >= 0.3 is 0 Å². The zero-order valence-corrected chi connectivity index (χ0v) is 13.3. The van der Waals surface area contributed by atoms with Gasteiger partial charge in [-0.15, -0.1) is 11.6 Å². The Morgan fingerprint density at radius 2 is 1.89 bits per heavy atom. The van der Waals surface area contributed by atoms with Crippen molar-refractivity contribution in [2.24, 2.45) is 5.41 Å². The van der Waals surface area contributed by atoms with Gasteiger partial charge in [0.05, 0.1) is 5.02 Å². The van der Waals surface area contributed by atoms with Crippen LogP contribution in [0.3, 0.4) is 0 Å². The monoisotopic (exact) mass is 300 g/mol. The highest BCUT2D eigenvalue weighted by Crippen LogP contribution is 2.39. The molecule has 2 rings (SSSR count). The summed E-state index contributed by atoms with van der Waals surface area (Å²) < 4.78 is 0. The standard InChI is InChI=1S/C15H22Cl2N2/c1-3-15(4-2)5-7-19(8-6-15)14-9-12(10-16)13(17)11-18-14/h9,11H,3-8,10H2,1-2H3. The molecular weight excluding hydrogens is 279 g/mol. The Bertz CT molecular complexity index is 420. The maximum absolute atomic E-state index is 6.06. The molecule has 2 heterocycles. The van der Waals surface area contributed by atoms with Gasteiger partial charge in [-0.25, -0.2) is 4.98 Å². The molecular formula is C15H22Cl2N2. The Balaban J connectivity index is 2.09. The van der Waals surface area contributed by atoms with E-state index in [0.29, 0.717) is 16.3 Å². The summed E-state index contributed by atoms with van der Waals surface area (Å²) in [5.41, 5.74) is 1.51. The number of hydrogen-bond donors (Lipinski definition) is 0. The van der Waals surface area contributed by atoms with Crippen LogP contribution >= 0.6 is 23.2 Å². The lowest BCUT2D eigenvalue weighted by Gasteiger charge is -2.41. The van der Waals surface area contributed by atoms with E-state index in [1.54, 1.807) is 6.20 Å². The van der Waals surface area contributed by atoms with E-state index in [0.717, 1.165) is 24.5 Å². The zero-order chi connectivity index (χ0) is 13.9. The Kier molecular flexibility index (Phi) is 4.97. The van der Waals surface area contributed by atoms with E-state index >= 15 is 0 Å². The van der Waals surface area contributed by atoms with Crippen molar-refractivity contribution >= 4 is 29.0 Å². The first kappa shape index (κ1) is 14.9. The summed E-state index contributed by atoms with van der Waals surface area (Å²) in [7, 11) is 0. The highest BCUT2D eigenvalue weighted by atomic mass is 35.5. The lowest BCUT2D eigenvalue weighted by atomic mass is 9.74. The first-order valence-corrected chi connectivity index (χ1v) is 8.00. The van der Waals surface area contributed by atoms with Gasteiger partial charge in [0.15, 0.2) is 0 Å². The van der Waals surface area contributed by atoms with E-state index < -0.39 is 0 Å². The summed E-state index contributed by atoms with van der Waals surface area (Å²) in [4.78, 5) is 6.80. The smallest absolute Gasteiger partial charge is 0.128 e. The van der Waals surface area contributed by atoms with Crippen LogP contribution in [0.4, 0.5) is 5.82 Å². The average Bonchev–Trinajstić information content (AvgIpc) is 2.48. The molecule has 0 aliphatic carbocycles. The summed E-state index contributed by atoms with van der Waals surface area (Å²) in [6.07, 6.45) is 6.77. The van der Waals surface area contributed by atoms with Crippen LogP contribution in [0.15, 0.2) is 12.3 Å². The number of aromatic nitrogens is 1. The molecule has 0 N–H and O–H groups in total. The fourth-order valence-electron chi connectivity index (χ4n) is 2.91. The van der Waals surface area contributed by atoms with Crippen LogP contribution in [0.1, 0.15) is 45.1 Å². The van der Waals surface area contributed by atoms with Crippen molar-refractivity contribution in [1.29, 1.82) is 0 Å². The molecule has 0 radical (unpaired) electrons. The molecule has 0 saturated carbocycles. The van der Waals surface area contributed by atoms with E-state index in [-0.39, 0.29) is 0 Å². The van der Waals surface area contributed by atoms with Gasteiger partial charge in [0.2, 0.25) is 0 Å². The molecule has 2 nitrogen and oxygen atoms in total. The van der Waals surface area contributed by atoms with Gasteiger partial charge in [-0.3, -0.25) is 0 Å². The van der Waals surface area contributed by atoms with Crippen molar-refractivity contribution in [2.45, 2.75) is 45.4 Å². The van der Waals surface area contributed by atoms with E-state index in [1.807, 2.05) is 6.07 Å². The molecule has 0 bridgehead atoms. The maximum Gasteiger partial charge on any atom is 0.128 e. The largest absolute Gasteiger partial charge is 0.357 e. The summed E-state index contributed by atoms with van der Waals surface area (Å²) in [6.45, 7) is 6.78. The number of rotatable bonds is 4. The third-order valence-electron chi connectivity index (χ3n) is 4.71. The van der Waals surface area contributed by atoms with Gasteiger partial charge < -0.3 is 4.90 Å². The van der Waals surface area contributed by atoms with Crippen LogP contribution in [0, 0.1) is 5.41 Å². The van der Waals surface area contributed by atoms with Crippen LogP contribution in [-0.2, 0) is 5.88 Å². The van der Waals surface area contributed by atoms with Crippen molar-refractivity contribution in [2.75, 3.05) is 18.0 Å². The fraction of sp³-hybridized carbons (Fsp3) is 0.667. The summed E-state index contributed by atoms with van der Waals surface area (Å²) in [6, 6.07) is 2.03. The zero-order valence-electron chi connectivity index (χ0n) is 11.8. The van der Waals surface area contributed by atoms with Crippen molar-refractivity contribution in [3.63, 3.8) is 0 Å². The molecule has 0 unspecified atom stereocenters. The van der Waals surface area contributed by atoms with E-state index in [4.69, 9.17) is 23.2 Å². The second-order valence-electron chi connectivity index (χ2n) is 5.46. The Hall–Kier alpha value is -0.470. The normalized spacial score (nSPS) is 18.6. The predicted octanol–water partition coefficient (Wildman–Crippen LogP) is 4.88. The minimum atomic E-state index is 0.441. The Morgan fingerprint density at radius 3 is 2.42 bits per heavy atom. The number of hydrogen-bond acceptors (Lipinski definition) is 2. The van der Waals surface area contributed by atoms with Gasteiger partial charge in [0.1, 0.15) is 5.82 Å². The van der Waals surface area contributed by atoms with Crippen LogP contribution < -0.4 is 4.90 Å². The third kappa shape index (κ3) is 3.17. The molecule has 0 atom stereocenters. The van der Waals surface area contributed by atoms with Crippen molar-refractivity contribution in [3.05, 3.63) is 22.8 Å². The molecule has 1 fully saturated rings. The van der Waals surface area contributed by atoms with E-state index in [1.165, 1.54) is 25.7 Å². The molecule has 1 saturated heterocycles. The summed E-state index contributed by atoms with van der Waals surface area (Å²) >= 11 is 12.0. The molecule has 1 aliphatic rings. The van der Waals surface area contributed by atoms with Crippen molar-refractivity contribution in [3.8, 4) is 0 Å². The number of piperidine rings is 1. The first-order chi connectivity index (χ1) is 9.14. The number of pyridine rings is 1. The highest BCUT2D eigenvalue weighted by molar-refractivity contribution is 6.32. The van der Waals surface area contributed by atoms with Gasteiger partial charge in [-0.05, 0) is 29.9 Å². The van der Waals surface area contributed by atoms with Gasteiger partial charge in [-0.2, -0.15) is 0 Å². The van der Waals surface area contributed by atoms with E-state index in [2.05, 4.69) is 23.7 Å². The second-order valence-corrected chi connectivity index (χ2v) is 6.14. The highest BCUT2D eigenvalue weighted by Gasteiger charge is 2.31. The second kappa shape index (κ2) is 6.32.